The number of allylic oxidation sites excluding steroid dienone is 4. The maximum absolute atomic E-state index is 10.5. The first-order valence-electron chi connectivity index (χ1n) is 8.86. The van der Waals surface area contributed by atoms with Gasteiger partial charge in [-0.1, -0.05) is 38.2 Å². The molecule has 3 fully saturated rings. The first kappa shape index (κ1) is 14.9. The molecule has 0 spiro atoms. The third-order valence-electron chi connectivity index (χ3n) is 7.97. The van der Waals surface area contributed by atoms with Crippen LogP contribution in [0.1, 0.15) is 46.0 Å². The Morgan fingerprint density at radius 1 is 1.05 bits per heavy atom. The third-order valence-corrected chi connectivity index (χ3v) is 7.97. The number of fused-ring (bicyclic) bond motifs is 5. The summed E-state index contributed by atoms with van der Waals surface area (Å²) in [5.74, 6) is 0.343. The maximum Gasteiger partial charge on any atom is 0.168 e. The molecule has 3 heteroatoms. The van der Waals surface area contributed by atoms with Gasteiger partial charge in [-0.05, 0) is 54.8 Å². The summed E-state index contributed by atoms with van der Waals surface area (Å²) in [6, 6.07) is 0.178. The van der Waals surface area contributed by atoms with E-state index >= 15 is 0 Å². The van der Waals surface area contributed by atoms with E-state index in [-0.39, 0.29) is 16.9 Å². The Labute approximate surface area is 133 Å². The minimum atomic E-state index is -1.51. The van der Waals surface area contributed by atoms with E-state index in [1.165, 1.54) is 0 Å². The highest BCUT2D eigenvalue weighted by atomic mass is 16.5. The van der Waals surface area contributed by atoms with Gasteiger partial charge in [-0.3, -0.25) is 0 Å². The lowest BCUT2D eigenvalue weighted by atomic mass is 9.46. The van der Waals surface area contributed by atoms with Gasteiger partial charge in [-0.25, -0.2) is 0 Å². The molecule has 4 aliphatic carbocycles. The topological polar surface area (TPSA) is 66.5 Å². The van der Waals surface area contributed by atoms with E-state index in [1.807, 2.05) is 0 Å². The van der Waals surface area contributed by atoms with Crippen LogP contribution >= 0.6 is 0 Å². The molecule has 0 aromatic rings. The highest BCUT2D eigenvalue weighted by molar-refractivity contribution is 5.25. The minimum absolute atomic E-state index is 0.178. The fourth-order valence-corrected chi connectivity index (χ4v) is 6.48. The van der Waals surface area contributed by atoms with Crippen LogP contribution in [0.15, 0.2) is 24.3 Å². The van der Waals surface area contributed by atoms with Crippen molar-refractivity contribution in [2.75, 3.05) is 0 Å². The maximum atomic E-state index is 10.5. The normalized spacial score (nSPS) is 55.4. The van der Waals surface area contributed by atoms with E-state index in [9.17, 15) is 10.2 Å². The fraction of sp³-hybridized carbons (Fsp3) is 0.789. The van der Waals surface area contributed by atoms with Crippen LogP contribution in [0.3, 0.4) is 0 Å². The molecule has 7 atom stereocenters. The Kier molecular flexibility index (Phi) is 3.03. The van der Waals surface area contributed by atoms with Crippen molar-refractivity contribution in [1.29, 1.82) is 0 Å². The second-order valence-electron chi connectivity index (χ2n) is 8.72. The van der Waals surface area contributed by atoms with Crippen LogP contribution in [-0.2, 0) is 0 Å². The summed E-state index contributed by atoms with van der Waals surface area (Å²) in [6.07, 6.45) is 13.5. The molecule has 0 saturated heterocycles. The standard InChI is InChI=1S/C19H29NO2/c1-17-8-4-3-5-12(17)11-15(20)16-13(17)6-9-18(2)14(16)7-10-19(18,21)22/h3-5,8,12-16,21-22H,6-7,9-11,20H2,1-2H3/t12?,13-,14+,15?,16-,17+,18+/m1/s1. The van der Waals surface area contributed by atoms with Gasteiger partial charge in [0, 0.05) is 17.9 Å². The lowest BCUT2D eigenvalue weighted by Gasteiger charge is -2.60. The van der Waals surface area contributed by atoms with E-state index in [0.29, 0.717) is 30.1 Å². The molecule has 0 aromatic carbocycles. The van der Waals surface area contributed by atoms with Gasteiger partial charge >= 0.3 is 0 Å². The summed E-state index contributed by atoms with van der Waals surface area (Å²) in [4.78, 5) is 0. The van der Waals surface area contributed by atoms with Crippen LogP contribution in [0.2, 0.25) is 0 Å². The van der Waals surface area contributed by atoms with Gasteiger partial charge in [0.15, 0.2) is 5.79 Å². The van der Waals surface area contributed by atoms with Crippen LogP contribution in [0.4, 0.5) is 0 Å². The number of hydrogen-bond acceptors (Lipinski definition) is 3. The molecular weight excluding hydrogens is 274 g/mol. The number of nitrogens with two attached hydrogens (primary N) is 1. The monoisotopic (exact) mass is 303 g/mol. The summed E-state index contributed by atoms with van der Waals surface area (Å²) >= 11 is 0. The number of rotatable bonds is 0. The molecule has 22 heavy (non-hydrogen) atoms. The van der Waals surface area contributed by atoms with Gasteiger partial charge in [-0.15, -0.1) is 0 Å². The molecule has 0 aromatic heterocycles. The van der Waals surface area contributed by atoms with E-state index in [4.69, 9.17) is 5.73 Å². The van der Waals surface area contributed by atoms with Gasteiger partial charge in [0.05, 0.1) is 0 Å². The van der Waals surface area contributed by atoms with Crippen LogP contribution in [0.25, 0.3) is 0 Å². The van der Waals surface area contributed by atoms with Crippen LogP contribution in [-0.4, -0.2) is 22.0 Å². The summed E-state index contributed by atoms with van der Waals surface area (Å²) in [5.41, 5.74) is 6.44. The quantitative estimate of drug-likeness (QED) is 0.603. The Morgan fingerprint density at radius 3 is 2.55 bits per heavy atom. The molecule has 0 radical (unpaired) electrons. The molecule has 0 bridgehead atoms. The lowest BCUT2D eigenvalue weighted by Crippen LogP contribution is -2.60. The Morgan fingerprint density at radius 2 is 1.77 bits per heavy atom. The molecule has 4 aliphatic rings. The van der Waals surface area contributed by atoms with E-state index in [0.717, 1.165) is 25.7 Å². The molecule has 4 rings (SSSR count). The molecule has 0 heterocycles. The summed E-state index contributed by atoms with van der Waals surface area (Å²) < 4.78 is 0. The minimum Gasteiger partial charge on any atom is -0.365 e. The van der Waals surface area contributed by atoms with E-state index in [2.05, 4.69) is 38.2 Å². The van der Waals surface area contributed by atoms with Crippen molar-refractivity contribution in [2.24, 2.45) is 40.2 Å². The summed E-state index contributed by atoms with van der Waals surface area (Å²) in [6.45, 7) is 4.47. The zero-order chi connectivity index (χ0) is 15.8. The predicted molar refractivity (Wildman–Crippen MR) is 86.7 cm³/mol. The fourth-order valence-electron chi connectivity index (χ4n) is 6.48. The third kappa shape index (κ3) is 1.68. The van der Waals surface area contributed by atoms with Crippen molar-refractivity contribution in [2.45, 2.75) is 57.8 Å². The van der Waals surface area contributed by atoms with Crippen molar-refractivity contribution in [3.8, 4) is 0 Å². The second kappa shape index (κ2) is 4.46. The van der Waals surface area contributed by atoms with Crippen molar-refractivity contribution in [3.05, 3.63) is 24.3 Å². The van der Waals surface area contributed by atoms with Gasteiger partial charge in [0.1, 0.15) is 0 Å². The van der Waals surface area contributed by atoms with Gasteiger partial charge in [0.25, 0.3) is 0 Å². The highest BCUT2D eigenvalue weighted by Crippen LogP contribution is 2.66. The van der Waals surface area contributed by atoms with Crippen molar-refractivity contribution < 1.29 is 10.2 Å². The number of hydrogen-bond donors (Lipinski definition) is 3. The highest BCUT2D eigenvalue weighted by Gasteiger charge is 2.65. The molecule has 0 amide bonds. The first-order chi connectivity index (χ1) is 10.3. The smallest absolute Gasteiger partial charge is 0.168 e. The molecule has 4 N–H and O–H groups in total. The Hall–Kier alpha value is -0.640. The molecule has 0 aliphatic heterocycles. The van der Waals surface area contributed by atoms with E-state index < -0.39 is 5.79 Å². The average Bonchev–Trinajstić information content (AvgIpc) is 2.70. The van der Waals surface area contributed by atoms with Crippen LogP contribution in [0.5, 0.6) is 0 Å². The Balaban J connectivity index is 1.74. The predicted octanol–water partition coefficient (Wildman–Crippen LogP) is 2.59. The van der Waals surface area contributed by atoms with E-state index in [1.54, 1.807) is 0 Å². The van der Waals surface area contributed by atoms with Crippen molar-refractivity contribution >= 4 is 0 Å². The van der Waals surface area contributed by atoms with Gasteiger partial charge < -0.3 is 15.9 Å². The zero-order valence-electron chi connectivity index (χ0n) is 13.7. The van der Waals surface area contributed by atoms with Gasteiger partial charge in [0.2, 0.25) is 0 Å². The number of aliphatic hydroxyl groups is 2. The zero-order valence-corrected chi connectivity index (χ0v) is 13.7. The molecule has 2 unspecified atom stereocenters. The average molecular weight is 303 g/mol. The Bertz CT molecular complexity index is 540. The summed E-state index contributed by atoms with van der Waals surface area (Å²) in [7, 11) is 0. The van der Waals surface area contributed by atoms with Crippen molar-refractivity contribution in [1.82, 2.24) is 0 Å². The molecule has 3 saturated carbocycles. The first-order valence-corrected chi connectivity index (χ1v) is 8.86. The second-order valence-corrected chi connectivity index (χ2v) is 8.72. The van der Waals surface area contributed by atoms with Gasteiger partial charge in [-0.2, -0.15) is 0 Å². The summed E-state index contributed by atoms with van der Waals surface area (Å²) in [5, 5.41) is 21.0. The SMILES string of the molecule is C[C@]12C=CC=CC1CC(N)[C@@H]1[C@H]2CC[C@@]2(C)[C@H]1CCC2(O)O. The van der Waals surface area contributed by atoms with Crippen molar-refractivity contribution in [3.63, 3.8) is 0 Å². The molecule has 3 nitrogen and oxygen atoms in total. The lowest BCUT2D eigenvalue weighted by molar-refractivity contribution is -0.249. The van der Waals surface area contributed by atoms with Crippen LogP contribution < -0.4 is 5.73 Å². The molecular formula is C19H29NO2. The van der Waals surface area contributed by atoms with Crippen LogP contribution in [0, 0.1) is 34.5 Å². The largest absolute Gasteiger partial charge is 0.365 e. The molecule has 122 valence electrons.